The third-order valence-corrected chi connectivity index (χ3v) is 3.43. The molecule has 0 bridgehead atoms. The van der Waals surface area contributed by atoms with Gasteiger partial charge in [0.1, 0.15) is 0 Å². The minimum absolute atomic E-state index is 0.289. The lowest BCUT2D eigenvalue weighted by atomic mass is 9.90. The van der Waals surface area contributed by atoms with Gasteiger partial charge >= 0.3 is 0 Å². The molecule has 1 rings (SSSR count). The molecule has 1 fully saturated rings. The fourth-order valence-corrected chi connectivity index (χ4v) is 1.55. The number of ether oxygens (including phenoxy) is 2. The van der Waals surface area contributed by atoms with Crippen molar-refractivity contribution in [1.82, 2.24) is 0 Å². The molecule has 1 heterocycles. The minimum Gasteiger partial charge on any atom is -0.333 e. The van der Waals surface area contributed by atoms with E-state index in [1.807, 2.05) is 27.7 Å². The van der Waals surface area contributed by atoms with Gasteiger partial charge < -0.3 is 9.47 Å². The van der Waals surface area contributed by atoms with Crippen LogP contribution in [-0.4, -0.2) is 23.4 Å². The van der Waals surface area contributed by atoms with Crippen LogP contribution in [0.15, 0.2) is 0 Å². The van der Waals surface area contributed by atoms with Crippen LogP contribution >= 0.6 is 11.6 Å². The smallest absolute Gasteiger partial charge is 0.223 e. The molecule has 1 saturated heterocycles. The van der Waals surface area contributed by atoms with Gasteiger partial charge in [-0.15, -0.1) is 11.6 Å². The van der Waals surface area contributed by atoms with Crippen molar-refractivity contribution in [3.05, 3.63) is 0 Å². The Hall–Kier alpha value is -0.230. The zero-order valence-electron chi connectivity index (χ0n) is 10.6. The molecule has 16 heavy (non-hydrogen) atoms. The maximum atomic E-state index is 5.75. The molecule has 3 heteroatoms. The fraction of sp³-hybridized carbons (Fsp3) is 0.846. The molecule has 0 radical (unpaired) electrons. The summed E-state index contributed by atoms with van der Waals surface area (Å²) in [4.78, 5) is 0. The van der Waals surface area contributed by atoms with Crippen LogP contribution in [0.5, 0.6) is 0 Å². The van der Waals surface area contributed by atoms with Gasteiger partial charge in [0.15, 0.2) is 0 Å². The monoisotopic (exact) mass is 244 g/mol. The van der Waals surface area contributed by atoms with Crippen molar-refractivity contribution in [2.45, 2.75) is 64.4 Å². The Morgan fingerprint density at radius 2 is 1.62 bits per heavy atom. The van der Waals surface area contributed by atoms with E-state index in [9.17, 15) is 0 Å². The molecule has 0 saturated carbocycles. The van der Waals surface area contributed by atoms with Crippen LogP contribution in [0, 0.1) is 11.8 Å². The van der Waals surface area contributed by atoms with Crippen molar-refractivity contribution in [2.24, 2.45) is 0 Å². The Morgan fingerprint density at radius 1 is 1.06 bits per heavy atom. The van der Waals surface area contributed by atoms with Crippen molar-refractivity contribution in [3.63, 3.8) is 0 Å². The topological polar surface area (TPSA) is 18.5 Å². The van der Waals surface area contributed by atoms with E-state index >= 15 is 0 Å². The molecule has 1 aliphatic rings. The number of alkyl halides is 1. The zero-order chi connectivity index (χ0) is 12.2. The van der Waals surface area contributed by atoms with Gasteiger partial charge in [0.2, 0.25) is 6.29 Å². The highest BCUT2D eigenvalue weighted by atomic mass is 35.5. The molecular weight excluding hydrogens is 224 g/mol. The molecule has 0 atom stereocenters. The third-order valence-electron chi connectivity index (χ3n) is 3.16. The van der Waals surface area contributed by atoms with E-state index in [0.29, 0.717) is 5.88 Å². The van der Waals surface area contributed by atoms with Gasteiger partial charge in [0.05, 0.1) is 11.2 Å². The molecule has 2 nitrogen and oxygen atoms in total. The van der Waals surface area contributed by atoms with E-state index in [2.05, 4.69) is 11.8 Å². The van der Waals surface area contributed by atoms with Crippen molar-refractivity contribution < 1.29 is 9.47 Å². The highest BCUT2D eigenvalue weighted by Gasteiger charge is 2.48. The highest BCUT2D eigenvalue weighted by molar-refractivity contribution is 6.17. The standard InChI is InChI=1S/C13H21ClO2/c1-12(2)13(3,4)16-11(15-12)9-7-5-6-8-10-14/h11H,5-6,8,10H2,1-4H3. The molecule has 0 N–H and O–H groups in total. The average Bonchev–Trinajstić information content (AvgIpc) is 2.35. The quantitative estimate of drug-likeness (QED) is 0.431. The van der Waals surface area contributed by atoms with Gasteiger partial charge in [-0.1, -0.05) is 5.92 Å². The molecule has 0 amide bonds. The predicted octanol–water partition coefficient (Wildman–Crippen LogP) is 3.33. The minimum atomic E-state index is -0.388. The first-order chi connectivity index (χ1) is 7.39. The third kappa shape index (κ3) is 3.38. The largest absolute Gasteiger partial charge is 0.333 e. The molecule has 0 aliphatic carbocycles. The first-order valence-electron chi connectivity index (χ1n) is 5.79. The van der Waals surface area contributed by atoms with Crippen LogP contribution in [0.1, 0.15) is 47.0 Å². The van der Waals surface area contributed by atoms with Crippen molar-refractivity contribution in [1.29, 1.82) is 0 Å². The second-order valence-electron chi connectivity index (χ2n) is 5.06. The zero-order valence-corrected chi connectivity index (χ0v) is 11.4. The predicted molar refractivity (Wildman–Crippen MR) is 66.5 cm³/mol. The number of halogens is 1. The van der Waals surface area contributed by atoms with Crippen LogP contribution in [-0.2, 0) is 9.47 Å². The van der Waals surface area contributed by atoms with Crippen LogP contribution in [0.25, 0.3) is 0 Å². The van der Waals surface area contributed by atoms with Gasteiger partial charge in [0, 0.05) is 12.3 Å². The first-order valence-corrected chi connectivity index (χ1v) is 6.32. The van der Waals surface area contributed by atoms with Crippen LogP contribution in [0.2, 0.25) is 0 Å². The summed E-state index contributed by atoms with van der Waals surface area (Å²) in [5, 5.41) is 0. The number of hydrogen-bond donors (Lipinski definition) is 0. The summed E-state index contributed by atoms with van der Waals surface area (Å²) < 4.78 is 11.5. The molecule has 92 valence electrons. The van der Waals surface area contributed by atoms with Gasteiger partial charge in [-0.05, 0) is 46.5 Å². The van der Waals surface area contributed by atoms with Gasteiger partial charge in [0.25, 0.3) is 0 Å². The Bertz CT molecular complexity index is 270. The lowest BCUT2D eigenvalue weighted by molar-refractivity contribution is -0.0434. The van der Waals surface area contributed by atoms with Crippen molar-refractivity contribution >= 4 is 11.6 Å². The molecule has 0 aromatic carbocycles. The first kappa shape index (κ1) is 13.8. The molecule has 0 unspecified atom stereocenters. The summed E-state index contributed by atoms with van der Waals surface area (Å²) in [5.41, 5.74) is -0.578. The average molecular weight is 245 g/mol. The van der Waals surface area contributed by atoms with Gasteiger partial charge in [-0.25, -0.2) is 0 Å². The van der Waals surface area contributed by atoms with E-state index < -0.39 is 0 Å². The summed E-state index contributed by atoms with van der Waals surface area (Å²) in [6.45, 7) is 8.12. The molecule has 0 aromatic heterocycles. The molecular formula is C13H21ClO2. The van der Waals surface area contributed by atoms with E-state index in [4.69, 9.17) is 21.1 Å². The summed E-state index contributed by atoms with van der Waals surface area (Å²) in [6.07, 6.45) is 2.52. The number of hydrogen-bond acceptors (Lipinski definition) is 2. The lowest BCUT2D eigenvalue weighted by Gasteiger charge is -2.30. The second kappa shape index (κ2) is 5.40. The van der Waals surface area contributed by atoms with Gasteiger partial charge in [-0.2, -0.15) is 0 Å². The lowest BCUT2D eigenvalue weighted by Crippen LogP contribution is -2.41. The summed E-state index contributed by atoms with van der Waals surface area (Å²) in [7, 11) is 0. The van der Waals surface area contributed by atoms with E-state index in [1.54, 1.807) is 0 Å². The second-order valence-corrected chi connectivity index (χ2v) is 5.43. The van der Waals surface area contributed by atoms with Crippen LogP contribution in [0.4, 0.5) is 0 Å². The SMILES string of the molecule is CC1(C)OC(C#CCCCCCl)OC1(C)C. The van der Waals surface area contributed by atoms with Crippen LogP contribution < -0.4 is 0 Å². The number of unbranched alkanes of at least 4 members (excludes halogenated alkanes) is 2. The summed E-state index contributed by atoms with van der Waals surface area (Å²) in [5.74, 6) is 6.80. The maximum absolute atomic E-state index is 5.75. The molecule has 0 spiro atoms. The molecule has 1 aliphatic heterocycles. The van der Waals surface area contributed by atoms with E-state index in [1.165, 1.54) is 0 Å². The normalized spacial score (nSPS) is 22.8. The van der Waals surface area contributed by atoms with Gasteiger partial charge in [-0.3, -0.25) is 0 Å². The van der Waals surface area contributed by atoms with Crippen molar-refractivity contribution in [3.8, 4) is 11.8 Å². The van der Waals surface area contributed by atoms with Crippen molar-refractivity contribution in [2.75, 3.05) is 5.88 Å². The fourth-order valence-electron chi connectivity index (χ4n) is 1.37. The van der Waals surface area contributed by atoms with E-state index in [-0.39, 0.29) is 17.5 Å². The Labute approximate surface area is 104 Å². The number of rotatable bonds is 3. The van der Waals surface area contributed by atoms with E-state index in [0.717, 1.165) is 19.3 Å². The maximum Gasteiger partial charge on any atom is 0.223 e. The Balaban J connectivity index is 2.41. The summed E-state index contributed by atoms with van der Waals surface area (Å²) in [6, 6.07) is 0. The highest BCUT2D eigenvalue weighted by Crippen LogP contribution is 2.37. The Kier molecular flexibility index (Phi) is 4.67. The van der Waals surface area contributed by atoms with Crippen LogP contribution in [0.3, 0.4) is 0 Å². The summed E-state index contributed by atoms with van der Waals surface area (Å²) >= 11 is 5.58. The Morgan fingerprint density at radius 3 is 2.12 bits per heavy atom. The molecule has 0 aromatic rings.